The fourth-order valence-corrected chi connectivity index (χ4v) is 0.706. The molecule has 0 heterocycles. The summed E-state index contributed by atoms with van der Waals surface area (Å²) in [5.41, 5.74) is 5.97. The van der Waals surface area contributed by atoms with Gasteiger partial charge in [-0.25, -0.2) is 0 Å². The first-order valence-electron chi connectivity index (χ1n) is 2.87. The van der Waals surface area contributed by atoms with Crippen LogP contribution in [-0.4, -0.2) is 7.12 Å². The summed E-state index contributed by atoms with van der Waals surface area (Å²) >= 11 is 0. The molecule has 0 atom stereocenters. The first kappa shape index (κ1) is 15.5. The fourth-order valence-electron chi connectivity index (χ4n) is 0.706. The molecule has 0 spiro atoms. The van der Waals surface area contributed by atoms with Crippen molar-refractivity contribution in [1.82, 2.24) is 0 Å². The molecule has 0 fully saturated rings. The van der Waals surface area contributed by atoms with Gasteiger partial charge < -0.3 is 15.8 Å². The molecule has 0 bridgehead atoms. The number of anilines is 1. The van der Waals surface area contributed by atoms with Crippen molar-refractivity contribution in [3.63, 3.8) is 0 Å². The molecule has 6 heteroatoms. The van der Waals surface area contributed by atoms with E-state index in [1.807, 2.05) is 0 Å². The SMILES string of the molecule is Nc1cccc(B([O-])[O-])c1.[Na+].[Na+]. The van der Waals surface area contributed by atoms with Gasteiger partial charge in [-0.15, -0.1) is 5.46 Å². The number of nitrogens with two attached hydrogens (primary N) is 1. The van der Waals surface area contributed by atoms with Crippen LogP contribution in [0.2, 0.25) is 0 Å². The van der Waals surface area contributed by atoms with Crippen LogP contribution in [0.1, 0.15) is 0 Å². The molecule has 52 valence electrons. The van der Waals surface area contributed by atoms with Crippen molar-refractivity contribution < 1.29 is 69.2 Å². The molecule has 2 N–H and O–H groups in total. The minimum absolute atomic E-state index is 0. The molecule has 1 aromatic carbocycles. The van der Waals surface area contributed by atoms with Crippen molar-refractivity contribution in [3.8, 4) is 0 Å². The van der Waals surface area contributed by atoms with Crippen molar-refractivity contribution >= 4 is 18.3 Å². The summed E-state index contributed by atoms with van der Waals surface area (Å²) in [5.74, 6) is 0. The molecular formula is C6H6BNNa2O2. The van der Waals surface area contributed by atoms with Gasteiger partial charge >= 0.3 is 59.1 Å². The summed E-state index contributed by atoms with van der Waals surface area (Å²) in [7, 11) is -1.93. The molecule has 1 aromatic rings. The Bertz CT molecular complexity index is 235. The maximum absolute atomic E-state index is 10.3. The first-order valence-corrected chi connectivity index (χ1v) is 2.87. The van der Waals surface area contributed by atoms with E-state index in [-0.39, 0.29) is 64.6 Å². The molecule has 0 aromatic heterocycles. The molecule has 0 aliphatic heterocycles. The molecule has 12 heavy (non-hydrogen) atoms. The molecule has 3 nitrogen and oxygen atoms in total. The van der Waals surface area contributed by atoms with Gasteiger partial charge in [-0.3, -0.25) is 0 Å². The van der Waals surface area contributed by atoms with Crippen LogP contribution in [0.5, 0.6) is 0 Å². The molecule has 1 rings (SSSR count). The van der Waals surface area contributed by atoms with Crippen LogP contribution in [-0.2, 0) is 0 Å². The van der Waals surface area contributed by atoms with E-state index >= 15 is 0 Å². The van der Waals surface area contributed by atoms with E-state index in [9.17, 15) is 10.0 Å². The predicted molar refractivity (Wildman–Crippen MR) is 36.2 cm³/mol. The Morgan fingerprint density at radius 1 is 1.17 bits per heavy atom. The van der Waals surface area contributed by atoms with Gasteiger partial charge in [0, 0.05) is 5.69 Å². The van der Waals surface area contributed by atoms with Gasteiger partial charge in [0.05, 0.1) is 0 Å². The Morgan fingerprint density at radius 3 is 2.08 bits per heavy atom. The van der Waals surface area contributed by atoms with Crippen molar-refractivity contribution in [2.24, 2.45) is 0 Å². The van der Waals surface area contributed by atoms with E-state index in [4.69, 9.17) is 5.73 Å². The van der Waals surface area contributed by atoms with Crippen molar-refractivity contribution in [2.45, 2.75) is 0 Å². The zero-order valence-electron chi connectivity index (χ0n) is 7.28. The number of hydrogen-bond acceptors (Lipinski definition) is 3. The largest absolute Gasteiger partial charge is 1.00 e. The molecule has 0 aliphatic carbocycles. The van der Waals surface area contributed by atoms with E-state index in [1.54, 1.807) is 12.1 Å². The summed E-state index contributed by atoms with van der Waals surface area (Å²) < 4.78 is 0. The quantitative estimate of drug-likeness (QED) is 0.345. The van der Waals surface area contributed by atoms with Gasteiger partial charge in [0.2, 0.25) is 0 Å². The van der Waals surface area contributed by atoms with Gasteiger partial charge in [-0.1, -0.05) is 19.3 Å². The van der Waals surface area contributed by atoms with E-state index in [1.165, 1.54) is 12.1 Å². The van der Waals surface area contributed by atoms with Crippen molar-refractivity contribution in [1.29, 1.82) is 0 Å². The maximum atomic E-state index is 10.3. The van der Waals surface area contributed by atoms with Crippen LogP contribution in [0.4, 0.5) is 5.69 Å². The van der Waals surface area contributed by atoms with Gasteiger partial charge in [0.1, 0.15) is 0 Å². The maximum Gasteiger partial charge on any atom is 1.00 e. The average Bonchev–Trinajstić information content (AvgIpc) is 1.88. The molecule has 0 saturated heterocycles. The van der Waals surface area contributed by atoms with Crippen LogP contribution in [0, 0.1) is 0 Å². The van der Waals surface area contributed by atoms with Gasteiger partial charge in [-0.05, 0) is 12.1 Å². The average molecular weight is 181 g/mol. The summed E-state index contributed by atoms with van der Waals surface area (Å²) in [6.45, 7) is 0. The Kier molecular flexibility index (Phi) is 9.56. The topological polar surface area (TPSA) is 72.1 Å². The first-order chi connectivity index (χ1) is 4.70. The molecular weight excluding hydrogens is 175 g/mol. The Labute approximate surface area is 116 Å². The third kappa shape index (κ3) is 4.89. The molecule has 0 aliphatic rings. The van der Waals surface area contributed by atoms with Crippen LogP contribution >= 0.6 is 0 Å². The third-order valence-corrected chi connectivity index (χ3v) is 1.18. The zero-order chi connectivity index (χ0) is 7.56. The zero-order valence-corrected chi connectivity index (χ0v) is 11.3. The van der Waals surface area contributed by atoms with Gasteiger partial charge in [-0.2, -0.15) is 0 Å². The predicted octanol–water partition coefficient (Wildman–Crippen LogP) is -8.31. The minimum Gasteiger partial charge on any atom is -0.889 e. The van der Waals surface area contributed by atoms with E-state index < -0.39 is 7.12 Å². The van der Waals surface area contributed by atoms with Crippen LogP contribution in [0.15, 0.2) is 24.3 Å². The second kappa shape index (κ2) is 7.41. The van der Waals surface area contributed by atoms with Gasteiger partial charge in [0.15, 0.2) is 0 Å². The van der Waals surface area contributed by atoms with E-state index in [2.05, 4.69) is 0 Å². The summed E-state index contributed by atoms with van der Waals surface area (Å²) in [5, 5.41) is 20.5. The second-order valence-corrected chi connectivity index (χ2v) is 2.00. The number of hydrogen-bond donors (Lipinski definition) is 1. The smallest absolute Gasteiger partial charge is 0.889 e. The standard InChI is InChI=1S/C6H6BNO2.2Na/c8-6-3-1-2-5(4-6)7(9)10;;/h1-4H,8H2;;/q-2;2*+1. The number of benzene rings is 1. The van der Waals surface area contributed by atoms with Crippen LogP contribution in [0.3, 0.4) is 0 Å². The molecule has 0 radical (unpaired) electrons. The molecule has 0 amide bonds. The van der Waals surface area contributed by atoms with E-state index in [0.29, 0.717) is 5.69 Å². The Hall–Kier alpha value is 1.00. The van der Waals surface area contributed by atoms with Crippen LogP contribution in [0.25, 0.3) is 0 Å². The summed E-state index contributed by atoms with van der Waals surface area (Å²) in [6.07, 6.45) is 0. The minimum atomic E-state index is -1.93. The summed E-state index contributed by atoms with van der Waals surface area (Å²) in [6, 6.07) is 6.09. The fraction of sp³-hybridized carbons (Fsp3) is 0. The third-order valence-electron chi connectivity index (χ3n) is 1.18. The van der Waals surface area contributed by atoms with Crippen LogP contribution < -0.4 is 80.4 Å². The van der Waals surface area contributed by atoms with Crippen molar-refractivity contribution in [3.05, 3.63) is 24.3 Å². The number of rotatable bonds is 1. The normalized spacial score (nSPS) is 7.83. The number of nitrogen functional groups attached to an aromatic ring is 1. The van der Waals surface area contributed by atoms with E-state index in [0.717, 1.165) is 0 Å². The Balaban J connectivity index is 0. The summed E-state index contributed by atoms with van der Waals surface area (Å²) in [4.78, 5) is 0. The Morgan fingerprint density at radius 2 is 1.75 bits per heavy atom. The van der Waals surface area contributed by atoms with Crippen molar-refractivity contribution in [2.75, 3.05) is 5.73 Å². The molecule has 0 unspecified atom stereocenters. The second-order valence-electron chi connectivity index (χ2n) is 2.00. The van der Waals surface area contributed by atoms with Gasteiger partial charge in [0.25, 0.3) is 0 Å². The monoisotopic (exact) mass is 181 g/mol. The molecule has 0 saturated carbocycles.